The molecule has 6 nitrogen and oxygen atoms in total. The smallest absolute Gasteiger partial charge is 0.252 e. The van der Waals surface area contributed by atoms with Crippen molar-refractivity contribution in [2.24, 2.45) is 0 Å². The van der Waals surface area contributed by atoms with Gasteiger partial charge in [-0.05, 0) is 24.3 Å². The maximum absolute atomic E-state index is 11.9. The molecule has 1 aromatic rings. The van der Waals surface area contributed by atoms with E-state index in [9.17, 15) is 14.4 Å². The summed E-state index contributed by atoms with van der Waals surface area (Å²) in [6.45, 7) is 1.31. The van der Waals surface area contributed by atoms with Crippen LogP contribution in [0.15, 0.2) is 24.3 Å². The summed E-state index contributed by atoms with van der Waals surface area (Å²) < 4.78 is 5.02. The number of nitrogens with zero attached hydrogens (tertiary/aromatic N) is 1. The van der Waals surface area contributed by atoms with Crippen LogP contribution < -0.4 is 15.0 Å². The standard InChI is InChI=1S/C13H14N2O4/c1-8(17)14-12-11(7-16)15(13(12)18)9-3-5-10(19-2)6-4-9/h3-7,11-12H,1-2H3,(H,14,17)/t11-,12+/m1/s1. The molecular formula is C13H14N2O4. The van der Waals surface area contributed by atoms with Crippen LogP contribution >= 0.6 is 0 Å². The van der Waals surface area contributed by atoms with Crippen LogP contribution in [0.1, 0.15) is 6.92 Å². The minimum Gasteiger partial charge on any atom is -0.497 e. The second kappa shape index (κ2) is 5.09. The van der Waals surface area contributed by atoms with E-state index in [1.165, 1.54) is 11.8 Å². The molecule has 1 aromatic carbocycles. The zero-order chi connectivity index (χ0) is 14.0. The van der Waals surface area contributed by atoms with Gasteiger partial charge in [-0.2, -0.15) is 0 Å². The molecule has 2 amide bonds. The molecule has 0 saturated carbocycles. The average Bonchev–Trinajstić information content (AvgIpc) is 2.42. The number of rotatable bonds is 4. The van der Waals surface area contributed by atoms with Crippen LogP contribution in [-0.2, 0) is 14.4 Å². The number of methoxy groups -OCH3 is 1. The summed E-state index contributed by atoms with van der Waals surface area (Å²) in [6, 6.07) is 5.36. The summed E-state index contributed by atoms with van der Waals surface area (Å²) in [5.74, 6) is 0.0369. The van der Waals surface area contributed by atoms with Gasteiger partial charge in [0.1, 0.15) is 24.1 Å². The van der Waals surface area contributed by atoms with Gasteiger partial charge < -0.3 is 14.8 Å². The maximum atomic E-state index is 11.9. The molecule has 2 rings (SSSR count). The van der Waals surface area contributed by atoms with Crippen LogP contribution in [-0.4, -0.2) is 37.3 Å². The van der Waals surface area contributed by atoms with Gasteiger partial charge in [0, 0.05) is 12.6 Å². The molecule has 1 aliphatic rings. The number of amides is 2. The predicted octanol–water partition coefficient (Wildman–Crippen LogP) is 0.114. The van der Waals surface area contributed by atoms with Crippen LogP contribution in [0.5, 0.6) is 5.75 Å². The first-order valence-electron chi connectivity index (χ1n) is 5.78. The van der Waals surface area contributed by atoms with Gasteiger partial charge in [-0.15, -0.1) is 0 Å². The van der Waals surface area contributed by atoms with Gasteiger partial charge in [0.25, 0.3) is 5.91 Å². The molecule has 0 unspecified atom stereocenters. The number of β-lactam (4-membered cyclic amide) rings is 1. The van der Waals surface area contributed by atoms with Gasteiger partial charge >= 0.3 is 0 Å². The molecule has 1 fully saturated rings. The minimum atomic E-state index is -0.767. The second-order valence-corrected chi connectivity index (χ2v) is 4.21. The number of hydrogen-bond acceptors (Lipinski definition) is 4. The van der Waals surface area contributed by atoms with Crippen molar-refractivity contribution in [3.8, 4) is 5.75 Å². The van der Waals surface area contributed by atoms with Crippen molar-refractivity contribution in [1.29, 1.82) is 0 Å². The van der Waals surface area contributed by atoms with Gasteiger partial charge in [0.05, 0.1) is 7.11 Å². The van der Waals surface area contributed by atoms with Crippen LogP contribution in [0.4, 0.5) is 5.69 Å². The summed E-state index contributed by atoms with van der Waals surface area (Å²) in [4.78, 5) is 35.3. The van der Waals surface area contributed by atoms with E-state index in [2.05, 4.69) is 5.32 Å². The SMILES string of the molecule is COc1ccc(N2C(=O)[C@@H](NC(C)=O)[C@H]2C=O)cc1. The molecule has 1 heterocycles. The molecule has 0 radical (unpaired) electrons. The van der Waals surface area contributed by atoms with Gasteiger partial charge in [-0.25, -0.2) is 0 Å². The summed E-state index contributed by atoms with van der Waals surface area (Å²) in [6.07, 6.45) is 0.659. The van der Waals surface area contributed by atoms with E-state index in [0.717, 1.165) is 0 Å². The van der Waals surface area contributed by atoms with E-state index in [1.54, 1.807) is 31.4 Å². The Labute approximate surface area is 110 Å². The number of carbonyl (C=O) groups is 3. The van der Waals surface area contributed by atoms with Crippen LogP contribution in [0, 0.1) is 0 Å². The number of anilines is 1. The lowest BCUT2D eigenvalue weighted by Gasteiger charge is -2.44. The molecule has 100 valence electrons. The molecule has 1 aliphatic heterocycles. The van der Waals surface area contributed by atoms with Crippen LogP contribution in [0.25, 0.3) is 0 Å². The zero-order valence-electron chi connectivity index (χ0n) is 10.6. The van der Waals surface area contributed by atoms with Gasteiger partial charge in [0.15, 0.2) is 0 Å². The maximum Gasteiger partial charge on any atom is 0.252 e. The fourth-order valence-electron chi connectivity index (χ4n) is 2.06. The molecule has 0 bridgehead atoms. The van der Waals surface area contributed by atoms with E-state index in [4.69, 9.17) is 4.74 Å². The second-order valence-electron chi connectivity index (χ2n) is 4.21. The van der Waals surface area contributed by atoms with Crippen LogP contribution in [0.3, 0.4) is 0 Å². The Bertz CT molecular complexity index is 512. The monoisotopic (exact) mass is 262 g/mol. The molecule has 0 aromatic heterocycles. The molecular weight excluding hydrogens is 248 g/mol. The molecule has 2 atom stereocenters. The van der Waals surface area contributed by atoms with E-state index in [-0.39, 0.29) is 11.8 Å². The topological polar surface area (TPSA) is 75.7 Å². The summed E-state index contributed by atoms with van der Waals surface area (Å²) in [5.41, 5.74) is 0.601. The third kappa shape index (κ3) is 2.29. The Kier molecular flexibility index (Phi) is 3.50. The van der Waals surface area contributed by atoms with Crippen molar-refractivity contribution >= 4 is 23.8 Å². The minimum absolute atomic E-state index is 0.294. The van der Waals surface area contributed by atoms with Gasteiger partial charge in [-0.3, -0.25) is 14.5 Å². The third-order valence-electron chi connectivity index (χ3n) is 2.99. The number of ether oxygens (including phenoxy) is 1. The van der Waals surface area contributed by atoms with Gasteiger partial charge in [0.2, 0.25) is 5.91 Å². The lowest BCUT2D eigenvalue weighted by Crippen LogP contribution is -2.71. The number of aldehydes is 1. The molecule has 1 N–H and O–H groups in total. The molecule has 6 heteroatoms. The Morgan fingerprint density at radius 1 is 1.37 bits per heavy atom. The first kappa shape index (κ1) is 13.1. The summed E-state index contributed by atoms with van der Waals surface area (Å²) in [7, 11) is 1.55. The lowest BCUT2D eigenvalue weighted by molar-refractivity contribution is -0.134. The number of benzene rings is 1. The first-order valence-corrected chi connectivity index (χ1v) is 5.78. The normalized spacial score (nSPS) is 21.6. The van der Waals surface area contributed by atoms with Crippen molar-refractivity contribution in [1.82, 2.24) is 5.32 Å². The van der Waals surface area contributed by atoms with Crippen molar-refractivity contribution < 1.29 is 19.1 Å². The molecule has 19 heavy (non-hydrogen) atoms. The fraction of sp³-hybridized carbons (Fsp3) is 0.308. The zero-order valence-corrected chi connectivity index (χ0v) is 10.6. The van der Waals surface area contributed by atoms with Crippen molar-refractivity contribution in [2.75, 3.05) is 12.0 Å². The lowest BCUT2D eigenvalue weighted by atomic mass is 9.95. The molecule has 0 spiro atoms. The van der Waals surface area contributed by atoms with Gasteiger partial charge in [-0.1, -0.05) is 0 Å². The predicted molar refractivity (Wildman–Crippen MR) is 67.9 cm³/mol. The van der Waals surface area contributed by atoms with E-state index in [1.807, 2.05) is 0 Å². The summed E-state index contributed by atoms with van der Waals surface area (Å²) in [5, 5.41) is 2.47. The summed E-state index contributed by atoms with van der Waals surface area (Å²) >= 11 is 0. The fourth-order valence-corrected chi connectivity index (χ4v) is 2.06. The van der Waals surface area contributed by atoms with Crippen molar-refractivity contribution in [3.05, 3.63) is 24.3 Å². The Hall–Kier alpha value is -2.37. The van der Waals surface area contributed by atoms with E-state index < -0.39 is 12.1 Å². The molecule has 1 saturated heterocycles. The number of hydrogen-bond donors (Lipinski definition) is 1. The van der Waals surface area contributed by atoms with E-state index >= 15 is 0 Å². The number of nitrogens with one attached hydrogen (secondary N) is 1. The number of carbonyl (C=O) groups excluding carboxylic acids is 3. The quantitative estimate of drug-likeness (QED) is 0.617. The van der Waals surface area contributed by atoms with Crippen molar-refractivity contribution in [3.63, 3.8) is 0 Å². The highest BCUT2D eigenvalue weighted by Gasteiger charge is 2.48. The largest absolute Gasteiger partial charge is 0.497 e. The average molecular weight is 262 g/mol. The highest BCUT2D eigenvalue weighted by molar-refractivity contribution is 6.11. The van der Waals surface area contributed by atoms with E-state index in [0.29, 0.717) is 17.7 Å². The Balaban J connectivity index is 2.18. The first-order chi connectivity index (χ1) is 9.08. The highest BCUT2D eigenvalue weighted by atomic mass is 16.5. The Morgan fingerprint density at radius 3 is 2.47 bits per heavy atom. The van der Waals surface area contributed by atoms with Crippen LogP contribution in [0.2, 0.25) is 0 Å². The third-order valence-corrected chi connectivity index (χ3v) is 2.99. The Morgan fingerprint density at radius 2 is 2.00 bits per heavy atom. The highest BCUT2D eigenvalue weighted by Crippen LogP contribution is 2.28. The molecule has 0 aliphatic carbocycles. The van der Waals surface area contributed by atoms with Crippen molar-refractivity contribution in [2.45, 2.75) is 19.0 Å².